The monoisotopic (exact) mass is 311 g/mol. The summed E-state index contributed by atoms with van der Waals surface area (Å²) in [5.41, 5.74) is -0.0616. The Morgan fingerprint density at radius 2 is 2.18 bits per heavy atom. The van der Waals surface area contributed by atoms with Crippen molar-refractivity contribution in [1.29, 1.82) is 0 Å². The molecule has 6 heteroatoms. The predicted octanol–water partition coefficient (Wildman–Crippen LogP) is 2.10. The van der Waals surface area contributed by atoms with Crippen LogP contribution in [0.2, 0.25) is 0 Å². The molecule has 1 aliphatic rings. The van der Waals surface area contributed by atoms with E-state index in [4.69, 9.17) is 14.2 Å². The number of benzene rings is 1. The van der Waals surface area contributed by atoms with Gasteiger partial charge in [-0.1, -0.05) is 0 Å². The number of rotatable bonds is 4. The summed E-state index contributed by atoms with van der Waals surface area (Å²) in [4.78, 5) is 14.4. The van der Waals surface area contributed by atoms with E-state index >= 15 is 0 Å². The highest BCUT2D eigenvalue weighted by molar-refractivity contribution is 5.94. The van der Waals surface area contributed by atoms with Gasteiger partial charge in [0.25, 0.3) is 5.91 Å². The largest absolute Gasteiger partial charge is 0.494 e. The lowest BCUT2D eigenvalue weighted by atomic mass is 10.0. The van der Waals surface area contributed by atoms with E-state index in [2.05, 4.69) is 0 Å². The highest BCUT2D eigenvalue weighted by atomic mass is 19.1. The van der Waals surface area contributed by atoms with Crippen molar-refractivity contribution >= 4 is 5.91 Å². The van der Waals surface area contributed by atoms with Gasteiger partial charge in [-0.3, -0.25) is 4.79 Å². The van der Waals surface area contributed by atoms with Crippen molar-refractivity contribution in [2.75, 3.05) is 33.9 Å². The number of halogens is 1. The molecule has 1 fully saturated rings. The third-order valence-electron chi connectivity index (χ3n) is 3.52. The van der Waals surface area contributed by atoms with Gasteiger partial charge in [0.2, 0.25) is 0 Å². The molecule has 2 rings (SSSR count). The third-order valence-corrected chi connectivity index (χ3v) is 3.52. The minimum absolute atomic E-state index is 0.0619. The van der Waals surface area contributed by atoms with Gasteiger partial charge in [-0.15, -0.1) is 0 Å². The molecule has 5 nitrogen and oxygen atoms in total. The van der Waals surface area contributed by atoms with Crippen molar-refractivity contribution in [2.45, 2.75) is 25.6 Å². The lowest BCUT2D eigenvalue weighted by Crippen LogP contribution is -2.55. The molecule has 0 radical (unpaired) electrons. The van der Waals surface area contributed by atoms with Gasteiger partial charge < -0.3 is 19.1 Å². The van der Waals surface area contributed by atoms with Crippen molar-refractivity contribution in [2.24, 2.45) is 0 Å². The molecule has 0 saturated carbocycles. The summed E-state index contributed by atoms with van der Waals surface area (Å²) in [6.07, 6.45) is -0.181. The SMILES string of the molecule is COCC1CN(C(=O)c2ccc(F)c(OC)c2)CC(C)(C)O1. The molecule has 1 saturated heterocycles. The van der Waals surface area contributed by atoms with E-state index in [1.165, 1.54) is 25.3 Å². The Kier molecular flexibility index (Phi) is 5.03. The maximum absolute atomic E-state index is 13.5. The van der Waals surface area contributed by atoms with Gasteiger partial charge in [0.1, 0.15) is 0 Å². The molecule has 0 aliphatic carbocycles. The van der Waals surface area contributed by atoms with Gasteiger partial charge >= 0.3 is 0 Å². The molecule has 0 bridgehead atoms. The summed E-state index contributed by atoms with van der Waals surface area (Å²) in [5, 5.41) is 0. The van der Waals surface area contributed by atoms with Crippen molar-refractivity contribution in [3.63, 3.8) is 0 Å². The summed E-state index contributed by atoms with van der Waals surface area (Å²) in [5.74, 6) is -0.596. The van der Waals surface area contributed by atoms with Crippen LogP contribution in [0, 0.1) is 5.82 Å². The number of hydrogen-bond donors (Lipinski definition) is 0. The van der Waals surface area contributed by atoms with E-state index in [9.17, 15) is 9.18 Å². The Labute approximate surface area is 130 Å². The van der Waals surface area contributed by atoms with Gasteiger partial charge in [0.05, 0.1) is 25.4 Å². The number of morpholine rings is 1. The van der Waals surface area contributed by atoms with Crippen molar-refractivity contribution in [1.82, 2.24) is 4.90 Å². The fourth-order valence-electron chi connectivity index (χ4n) is 2.70. The number of hydrogen-bond acceptors (Lipinski definition) is 4. The van der Waals surface area contributed by atoms with E-state index in [1.807, 2.05) is 13.8 Å². The molecule has 1 amide bonds. The maximum Gasteiger partial charge on any atom is 0.254 e. The van der Waals surface area contributed by atoms with Crippen molar-refractivity contribution in [3.8, 4) is 5.75 Å². The van der Waals surface area contributed by atoms with E-state index in [0.29, 0.717) is 25.3 Å². The molecule has 0 spiro atoms. The fourth-order valence-corrected chi connectivity index (χ4v) is 2.70. The molecular weight excluding hydrogens is 289 g/mol. The number of nitrogens with zero attached hydrogens (tertiary/aromatic N) is 1. The summed E-state index contributed by atoms with van der Waals surface area (Å²) >= 11 is 0. The summed E-state index contributed by atoms with van der Waals surface area (Å²) in [6.45, 7) is 5.18. The molecule has 0 aromatic heterocycles. The lowest BCUT2D eigenvalue weighted by Gasteiger charge is -2.42. The first kappa shape index (κ1) is 16.7. The number of carbonyl (C=O) groups is 1. The number of carbonyl (C=O) groups excluding carboxylic acids is 1. The van der Waals surface area contributed by atoms with Crippen LogP contribution in [0.3, 0.4) is 0 Å². The van der Waals surface area contributed by atoms with Gasteiger partial charge in [0, 0.05) is 25.8 Å². The van der Waals surface area contributed by atoms with Crippen LogP contribution in [0.5, 0.6) is 5.75 Å². The van der Waals surface area contributed by atoms with E-state index < -0.39 is 11.4 Å². The zero-order valence-corrected chi connectivity index (χ0v) is 13.4. The predicted molar refractivity (Wildman–Crippen MR) is 79.7 cm³/mol. The smallest absolute Gasteiger partial charge is 0.254 e. The molecular formula is C16H22FNO4. The standard InChI is InChI=1S/C16H22FNO4/c1-16(2)10-18(8-12(22-16)9-20-3)15(19)11-5-6-13(17)14(7-11)21-4/h5-7,12H,8-10H2,1-4H3. The first-order chi connectivity index (χ1) is 10.4. The van der Waals surface area contributed by atoms with Crippen molar-refractivity contribution in [3.05, 3.63) is 29.6 Å². The molecule has 1 aliphatic heterocycles. The van der Waals surface area contributed by atoms with Crippen LogP contribution in [-0.2, 0) is 9.47 Å². The summed E-state index contributed by atoms with van der Waals surface area (Å²) in [7, 11) is 2.97. The van der Waals surface area contributed by atoms with Gasteiger partial charge in [-0.2, -0.15) is 0 Å². The Morgan fingerprint density at radius 1 is 1.45 bits per heavy atom. The number of methoxy groups -OCH3 is 2. The fraction of sp³-hybridized carbons (Fsp3) is 0.562. The molecule has 1 atom stereocenters. The zero-order valence-electron chi connectivity index (χ0n) is 13.4. The average molecular weight is 311 g/mol. The molecule has 1 aromatic rings. The van der Waals surface area contributed by atoms with E-state index in [0.717, 1.165) is 0 Å². The maximum atomic E-state index is 13.5. The van der Waals surface area contributed by atoms with Gasteiger partial charge in [-0.25, -0.2) is 4.39 Å². The molecule has 0 N–H and O–H groups in total. The van der Waals surface area contributed by atoms with Gasteiger partial charge in [-0.05, 0) is 32.0 Å². The Balaban J connectivity index is 2.20. The Morgan fingerprint density at radius 3 is 2.82 bits per heavy atom. The summed E-state index contributed by atoms with van der Waals surface area (Å²) in [6, 6.07) is 4.13. The third kappa shape index (κ3) is 3.75. The van der Waals surface area contributed by atoms with Crippen LogP contribution in [0.4, 0.5) is 4.39 Å². The van der Waals surface area contributed by atoms with Crippen LogP contribution < -0.4 is 4.74 Å². The number of ether oxygens (including phenoxy) is 3. The first-order valence-corrected chi connectivity index (χ1v) is 7.16. The first-order valence-electron chi connectivity index (χ1n) is 7.16. The lowest BCUT2D eigenvalue weighted by molar-refractivity contribution is -0.143. The minimum Gasteiger partial charge on any atom is -0.494 e. The molecule has 1 unspecified atom stereocenters. The van der Waals surface area contributed by atoms with Crippen LogP contribution in [0.15, 0.2) is 18.2 Å². The molecule has 122 valence electrons. The molecule has 1 aromatic carbocycles. The second-order valence-corrected chi connectivity index (χ2v) is 5.99. The van der Waals surface area contributed by atoms with E-state index in [1.54, 1.807) is 12.0 Å². The molecule has 22 heavy (non-hydrogen) atoms. The van der Waals surface area contributed by atoms with E-state index in [-0.39, 0.29) is 17.8 Å². The van der Waals surface area contributed by atoms with Crippen LogP contribution in [0.1, 0.15) is 24.2 Å². The van der Waals surface area contributed by atoms with Crippen LogP contribution >= 0.6 is 0 Å². The topological polar surface area (TPSA) is 48.0 Å². The number of amides is 1. The highest BCUT2D eigenvalue weighted by Gasteiger charge is 2.36. The highest BCUT2D eigenvalue weighted by Crippen LogP contribution is 2.24. The summed E-state index contributed by atoms with van der Waals surface area (Å²) < 4.78 is 29.4. The Hall–Kier alpha value is -1.66. The normalized spacial score (nSPS) is 20.8. The molecule has 1 heterocycles. The van der Waals surface area contributed by atoms with Crippen LogP contribution in [0.25, 0.3) is 0 Å². The second-order valence-electron chi connectivity index (χ2n) is 5.99. The minimum atomic E-state index is -0.487. The second kappa shape index (κ2) is 6.62. The van der Waals surface area contributed by atoms with Crippen LogP contribution in [-0.4, -0.2) is 56.4 Å². The van der Waals surface area contributed by atoms with Crippen molar-refractivity contribution < 1.29 is 23.4 Å². The Bertz CT molecular complexity index is 547. The quantitative estimate of drug-likeness (QED) is 0.854. The zero-order chi connectivity index (χ0) is 16.3. The van der Waals surface area contributed by atoms with Gasteiger partial charge in [0.15, 0.2) is 11.6 Å². The average Bonchev–Trinajstić information content (AvgIpc) is 2.45.